The number of phenolic OH excluding ortho intramolecular Hbond substituents is 1. The Hall–Kier alpha value is -3.41. The first-order valence-electron chi connectivity index (χ1n) is 10.1. The van der Waals surface area contributed by atoms with Crippen molar-refractivity contribution in [3.05, 3.63) is 88.1 Å². The van der Waals surface area contributed by atoms with Gasteiger partial charge in [-0.25, -0.2) is 4.39 Å². The number of rotatable bonds is 2. The van der Waals surface area contributed by atoms with Crippen LogP contribution in [-0.2, 0) is 6.54 Å². The van der Waals surface area contributed by atoms with Crippen molar-refractivity contribution in [1.82, 2.24) is 9.47 Å². The Kier molecular flexibility index (Phi) is 4.42. The standard InChI is InChI=1S/C24H21FN2O3/c25-20-7-6-17(10-22(20)28)24(30)26-12-15-8-19(14-26)21-9-18(11-23(29)27(21)13-15)16-4-2-1-3-5-16/h1-7,9-11,15,19,28H,8,12-14H2/t15-,19+/m0/s1. The lowest BCUT2D eigenvalue weighted by atomic mass is 9.82. The second-order valence-corrected chi connectivity index (χ2v) is 8.16. The molecule has 2 aliphatic rings. The van der Waals surface area contributed by atoms with E-state index < -0.39 is 11.6 Å². The molecule has 0 saturated carbocycles. The molecule has 2 atom stereocenters. The van der Waals surface area contributed by atoms with Gasteiger partial charge in [-0.3, -0.25) is 9.59 Å². The van der Waals surface area contributed by atoms with E-state index in [9.17, 15) is 19.1 Å². The summed E-state index contributed by atoms with van der Waals surface area (Å²) in [6.45, 7) is 1.61. The fourth-order valence-corrected chi connectivity index (χ4v) is 4.75. The summed E-state index contributed by atoms with van der Waals surface area (Å²) >= 11 is 0. The van der Waals surface area contributed by atoms with Crippen LogP contribution in [0.5, 0.6) is 5.75 Å². The molecule has 3 heterocycles. The monoisotopic (exact) mass is 404 g/mol. The predicted molar refractivity (Wildman–Crippen MR) is 111 cm³/mol. The van der Waals surface area contributed by atoms with Crippen molar-refractivity contribution in [2.45, 2.75) is 18.9 Å². The predicted octanol–water partition coefficient (Wildman–Crippen LogP) is 3.62. The number of phenols is 1. The van der Waals surface area contributed by atoms with E-state index in [4.69, 9.17) is 0 Å². The van der Waals surface area contributed by atoms with Crippen molar-refractivity contribution in [3.8, 4) is 16.9 Å². The third kappa shape index (κ3) is 3.18. The summed E-state index contributed by atoms with van der Waals surface area (Å²) in [6.07, 6.45) is 0.927. The van der Waals surface area contributed by atoms with Gasteiger partial charge in [-0.2, -0.15) is 0 Å². The maximum atomic E-state index is 13.4. The van der Waals surface area contributed by atoms with Crippen LogP contribution in [0, 0.1) is 11.7 Å². The number of carbonyl (C=O) groups is 1. The molecule has 5 nitrogen and oxygen atoms in total. The summed E-state index contributed by atoms with van der Waals surface area (Å²) in [4.78, 5) is 27.6. The zero-order chi connectivity index (χ0) is 20.8. The molecular formula is C24H21FN2O3. The molecule has 0 radical (unpaired) electrons. The van der Waals surface area contributed by atoms with Gasteiger partial charge in [-0.15, -0.1) is 0 Å². The minimum absolute atomic E-state index is 0.00992. The van der Waals surface area contributed by atoms with Gasteiger partial charge in [0, 0.05) is 42.9 Å². The highest BCUT2D eigenvalue weighted by molar-refractivity contribution is 5.94. The average molecular weight is 404 g/mol. The Morgan fingerprint density at radius 1 is 0.967 bits per heavy atom. The first kappa shape index (κ1) is 18.6. The number of amides is 1. The number of likely N-dealkylation sites (tertiary alicyclic amines) is 1. The van der Waals surface area contributed by atoms with E-state index in [-0.39, 0.29) is 28.9 Å². The van der Waals surface area contributed by atoms with Crippen LogP contribution in [0.1, 0.15) is 28.4 Å². The normalized spacial score (nSPS) is 20.0. The molecule has 6 heteroatoms. The second kappa shape index (κ2) is 7.13. The van der Waals surface area contributed by atoms with Crippen LogP contribution in [0.25, 0.3) is 11.1 Å². The molecule has 0 unspecified atom stereocenters. The van der Waals surface area contributed by atoms with Crippen LogP contribution in [0.15, 0.2) is 65.5 Å². The van der Waals surface area contributed by atoms with Crippen LogP contribution in [0.2, 0.25) is 0 Å². The third-order valence-corrected chi connectivity index (χ3v) is 6.14. The van der Waals surface area contributed by atoms with Gasteiger partial charge in [0.1, 0.15) is 0 Å². The molecule has 1 fully saturated rings. The lowest BCUT2D eigenvalue weighted by Crippen LogP contribution is -2.49. The summed E-state index contributed by atoms with van der Waals surface area (Å²) in [6, 6.07) is 17.2. The van der Waals surface area contributed by atoms with E-state index in [0.717, 1.165) is 29.3 Å². The molecule has 3 aromatic rings. The first-order valence-corrected chi connectivity index (χ1v) is 10.1. The summed E-state index contributed by atoms with van der Waals surface area (Å²) in [5, 5.41) is 9.62. The van der Waals surface area contributed by atoms with Crippen molar-refractivity contribution in [1.29, 1.82) is 0 Å². The lowest BCUT2D eigenvalue weighted by molar-refractivity contribution is 0.0594. The van der Waals surface area contributed by atoms with E-state index in [0.29, 0.717) is 19.6 Å². The van der Waals surface area contributed by atoms with E-state index in [1.165, 1.54) is 12.1 Å². The summed E-state index contributed by atoms with van der Waals surface area (Å²) in [7, 11) is 0. The lowest BCUT2D eigenvalue weighted by Gasteiger charge is -2.43. The van der Waals surface area contributed by atoms with Crippen LogP contribution in [0.4, 0.5) is 4.39 Å². The molecule has 152 valence electrons. The van der Waals surface area contributed by atoms with Gasteiger partial charge in [-0.05, 0) is 47.7 Å². The Morgan fingerprint density at radius 2 is 1.77 bits per heavy atom. The van der Waals surface area contributed by atoms with Gasteiger partial charge in [0.2, 0.25) is 0 Å². The zero-order valence-corrected chi connectivity index (χ0v) is 16.3. The van der Waals surface area contributed by atoms with Crippen LogP contribution >= 0.6 is 0 Å². The molecule has 2 aliphatic heterocycles. The van der Waals surface area contributed by atoms with Crippen molar-refractivity contribution >= 4 is 5.91 Å². The summed E-state index contributed by atoms with van der Waals surface area (Å²) in [5.41, 5.74) is 3.09. The SMILES string of the molecule is O=C(c1ccc(F)c(O)c1)N1C[C@@H]2C[C@H](C1)c1cc(-c3ccccc3)cc(=O)n1C2. The number of carbonyl (C=O) groups excluding carboxylic acids is 1. The van der Waals surface area contributed by atoms with Crippen LogP contribution in [-0.4, -0.2) is 33.6 Å². The number of nitrogens with zero attached hydrogens (tertiary/aromatic N) is 2. The molecule has 2 aromatic carbocycles. The fourth-order valence-electron chi connectivity index (χ4n) is 4.75. The Bertz CT molecular complexity index is 1190. The number of halogens is 1. The van der Waals surface area contributed by atoms with E-state index in [2.05, 4.69) is 6.07 Å². The van der Waals surface area contributed by atoms with Gasteiger partial charge < -0.3 is 14.6 Å². The first-order chi connectivity index (χ1) is 14.5. The second-order valence-electron chi connectivity index (χ2n) is 8.16. The summed E-state index contributed by atoms with van der Waals surface area (Å²) < 4.78 is 15.2. The van der Waals surface area contributed by atoms with Gasteiger partial charge in [0.15, 0.2) is 11.6 Å². The molecule has 2 bridgehead atoms. The van der Waals surface area contributed by atoms with Gasteiger partial charge in [-0.1, -0.05) is 30.3 Å². The van der Waals surface area contributed by atoms with Crippen LogP contribution < -0.4 is 5.56 Å². The maximum Gasteiger partial charge on any atom is 0.254 e. The highest BCUT2D eigenvalue weighted by atomic mass is 19.1. The Balaban J connectivity index is 1.48. The van der Waals surface area contributed by atoms with Crippen molar-refractivity contribution < 1.29 is 14.3 Å². The molecule has 30 heavy (non-hydrogen) atoms. The number of aromatic nitrogens is 1. The number of aromatic hydroxyl groups is 1. The molecule has 5 rings (SSSR count). The quantitative estimate of drug-likeness (QED) is 0.710. The van der Waals surface area contributed by atoms with E-state index in [1.54, 1.807) is 11.0 Å². The molecule has 0 spiro atoms. The largest absolute Gasteiger partial charge is 0.505 e. The molecule has 1 amide bonds. The van der Waals surface area contributed by atoms with Gasteiger partial charge in [0.05, 0.1) is 0 Å². The number of piperidine rings is 1. The van der Waals surface area contributed by atoms with E-state index >= 15 is 0 Å². The number of hydrogen-bond acceptors (Lipinski definition) is 3. The summed E-state index contributed by atoms with van der Waals surface area (Å²) in [5.74, 6) is -1.25. The molecule has 0 aliphatic carbocycles. The Labute approximate surface area is 173 Å². The fraction of sp³-hybridized carbons (Fsp3) is 0.250. The third-order valence-electron chi connectivity index (χ3n) is 6.14. The molecular weight excluding hydrogens is 383 g/mol. The minimum atomic E-state index is -0.746. The number of benzene rings is 2. The molecule has 1 N–H and O–H groups in total. The highest BCUT2D eigenvalue weighted by Crippen LogP contribution is 2.37. The number of pyridine rings is 1. The number of fused-ring (bicyclic) bond motifs is 4. The maximum absolute atomic E-state index is 13.4. The van der Waals surface area contributed by atoms with Crippen LogP contribution in [0.3, 0.4) is 0 Å². The van der Waals surface area contributed by atoms with Crippen molar-refractivity contribution in [3.63, 3.8) is 0 Å². The average Bonchev–Trinajstić information content (AvgIpc) is 2.76. The highest BCUT2D eigenvalue weighted by Gasteiger charge is 2.37. The smallest absolute Gasteiger partial charge is 0.254 e. The number of hydrogen-bond donors (Lipinski definition) is 1. The minimum Gasteiger partial charge on any atom is -0.505 e. The van der Waals surface area contributed by atoms with Crippen molar-refractivity contribution in [2.75, 3.05) is 13.1 Å². The van der Waals surface area contributed by atoms with Gasteiger partial charge >= 0.3 is 0 Å². The van der Waals surface area contributed by atoms with Gasteiger partial charge in [0.25, 0.3) is 11.5 Å². The molecule has 1 aromatic heterocycles. The topological polar surface area (TPSA) is 62.5 Å². The van der Waals surface area contributed by atoms with E-state index in [1.807, 2.05) is 34.9 Å². The Morgan fingerprint density at radius 3 is 2.53 bits per heavy atom. The zero-order valence-electron chi connectivity index (χ0n) is 16.3. The molecule has 1 saturated heterocycles. The van der Waals surface area contributed by atoms with Crippen molar-refractivity contribution in [2.24, 2.45) is 5.92 Å².